The summed E-state index contributed by atoms with van der Waals surface area (Å²) in [6.45, 7) is 6.46. The number of aromatic nitrogens is 2. The summed E-state index contributed by atoms with van der Waals surface area (Å²) in [7, 11) is 0. The van der Waals surface area contributed by atoms with Gasteiger partial charge in [0.2, 0.25) is 0 Å². The van der Waals surface area contributed by atoms with Gasteiger partial charge in [-0.05, 0) is 51.3 Å². The minimum Gasteiger partial charge on any atom is -0.312 e. The zero-order valence-electron chi connectivity index (χ0n) is 13.2. The van der Waals surface area contributed by atoms with Crippen LogP contribution in [0.15, 0.2) is 12.3 Å². The molecule has 0 spiro atoms. The van der Waals surface area contributed by atoms with Crippen molar-refractivity contribution in [1.82, 2.24) is 20.2 Å². The highest BCUT2D eigenvalue weighted by molar-refractivity contribution is 5.02. The average molecular weight is 288 g/mol. The molecule has 1 N–H and O–H groups in total. The molecular weight excluding hydrogens is 260 g/mol. The van der Waals surface area contributed by atoms with Gasteiger partial charge in [0.15, 0.2) is 0 Å². The van der Waals surface area contributed by atoms with Gasteiger partial charge >= 0.3 is 0 Å². The number of rotatable bonds is 3. The van der Waals surface area contributed by atoms with Crippen LogP contribution in [0.3, 0.4) is 0 Å². The second kappa shape index (κ2) is 7.32. The lowest BCUT2D eigenvalue weighted by Crippen LogP contribution is -2.43. The third-order valence-electron chi connectivity index (χ3n) is 4.95. The highest BCUT2D eigenvalue weighted by atomic mass is 15.2. The fraction of sp³-hybridized carbons (Fsp3) is 0.765. The molecule has 0 amide bonds. The van der Waals surface area contributed by atoms with Crippen molar-refractivity contribution in [3.8, 4) is 0 Å². The molecule has 1 aliphatic carbocycles. The van der Waals surface area contributed by atoms with Gasteiger partial charge in [-0.1, -0.05) is 19.3 Å². The van der Waals surface area contributed by atoms with Crippen molar-refractivity contribution in [2.75, 3.05) is 19.6 Å². The zero-order valence-corrected chi connectivity index (χ0v) is 13.2. The number of aryl methyl sites for hydroxylation is 1. The fourth-order valence-electron chi connectivity index (χ4n) is 3.84. The van der Waals surface area contributed by atoms with Gasteiger partial charge in [-0.25, -0.2) is 9.97 Å². The molecule has 1 saturated heterocycles. The van der Waals surface area contributed by atoms with Gasteiger partial charge in [-0.2, -0.15) is 0 Å². The first-order valence-electron chi connectivity index (χ1n) is 8.55. The van der Waals surface area contributed by atoms with Crippen molar-refractivity contribution in [3.05, 3.63) is 23.8 Å². The van der Waals surface area contributed by atoms with Gasteiger partial charge in [0, 0.05) is 25.3 Å². The molecule has 1 aromatic rings. The highest BCUT2D eigenvalue weighted by Gasteiger charge is 2.26. The normalized spacial score (nSPS) is 25.7. The van der Waals surface area contributed by atoms with Crippen molar-refractivity contribution >= 4 is 0 Å². The average Bonchev–Trinajstić information content (AvgIpc) is 2.74. The van der Waals surface area contributed by atoms with Crippen molar-refractivity contribution in [1.29, 1.82) is 0 Å². The summed E-state index contributed by atoms with van der Waals surface area (Å²) in [5, 5.41) is 3.80. The number of hydrogen-bond acceptors (Lipinski definition) is 4. The monoisotopic (exact) mass is 288 g/mol. The molecule has 0 bridgehead atoms. The van der Waals surface area contributed by atoms with Crippen LogP contribution in [0.2, 0.25) is 0 Å². The topological polar surface area (TPSA) is 41.1 Å². The Hall–Kier alpha value is -1.00. The lowest BCUT2D eigenvalue weighted by atomic mass is 9.83. The van der Waals surface area contributed by atoms with Crippen molar-refractivity contribution in [2.24, 2.45) is 5.92 Å². The fourth-order valence-corrected chi connectivity index (χ4v) is 3.84. The molecule has 2 fully saturated rings. The number of hydrogen-bond donors (Lipinski definition) is 1. The molecule has 3 rings (SSSR count). The summed E-state index contributed by atoms with van der Waals surface area (Å²) in [4.78, 5) is 11.3. The highest BCUT2D eigenvalue weighted by Crippen LogP contribution is 2.27. The Bertz CT molecular complexity index is 442. The maximum Gasteiger partial charge on any atom is 0.125 e. The molecule has 0 aromatic carbocycles. The minimum atomic E-state index is 0.677. The van der Waals surface area contributed by atoms with Gasteiger partial charge in [-0.3, -0.25) is 4.90 Å². The van der Waals surface area contributed by atoms with Crippen LogP contribution in [0.4, 0.5) is 0 Å². The van der Waals surface area contributed by atoms with Crippen molar-refractivity contribution < 1.29 is 0 Å². The van der Waals surface area contributed by atoms with E-state index in [2.05, 4.69) is 26.3 Å². The smallest absolute Gasteiger partial charge is 0.125 e. The van der Waals surface area contributed by atoms with Crippen LogP contribution in [-0.2, 0) is 6.54 Å². The SMILES string of the molecule is Cc1nccc(CN2CCCNC(C3CCCCC3)C2)n1. The molecule has 4 heteroatoms. The van der Waals surface area contributed by atoms with Crippen LogP contribution < -0.4 is 5.32 Å². The van der Waals surface area contributed by atoms with E-state index in [0.29, 0.717) is 6.04 Å². The van der Waals surface area contributed by atoms with Crippen LogP contribution in [0.5, 0.6) is 0 Å². The van der Waals surface area contributed by atoms with E-state index in [1.54, 1.807) is 0 Å². The van der Waals surface area contributed by atoms with Crippen LogP contribution in [-0.4, -0.2) is 40.5 Å². The Morgan fingerprint density at radius 3 is 2.90 bits per heavy atom. The maximum atomic E-state index is 4.56. The molecule has 2 heterocycles. The molecule has 21 heavy (non-hydrogen) atoms. The lowest BCUT2D eigenvalue weighted by Gasteiger charge is -2.32. The molecule has 1 aromatic heterocycles. The van der Waals surface area contributed by atoms with Crippen LogP contribution in [0.25, 0.3) is 0 Å². The van der Waals surface area contributed by atoms with Crippen molar-refractivity contribution in [3.63, 3.8) is 0 Å². The van der Waals surface area contributed by atoms with Gasteiger partial charge in [-0.15, -0.1) is 0 Å². The van der Waals surface area contributed by atoms with E-state index in [0.717, 1.165) is 24.0 Å². The molecule has 1 unspecified atom stereocenters. The van der Waals surface area contributed by atoms with Crippen LogP contribution in [0.1, 0.15) is 50.0 Å². The van der Waals surface area contributed by atoms with Crippen LogP contribution >= 0.6 is 0 Å². The Kier molecular flexibility index (Phi) is 5.20. The van der Waals surface area contributed by atoms with Gasteiger partial charge < -0.3 is 5.32 Å². The quantitative estimate of drug-likeness (QED) is 0.928. The lowest BCUT2D eigenvalue weighted by molar-refractivity contribution is 0.200. The molecular formula is C17H28N4. The van der Waals surface area contributed by atoms with Gasteiger partial charge in [0.05, 0.1) is 5.69 Å². The molecule has 1 atom stereocenters. The van der Waals surface area contributed by atoms with Crippen LogP contribution in [0, 0.1) is 12.8 Å². The Labute approximate surface area is 128 Å². The molecule has 1 aliphatic heterocycles. The second-order valence-electron chi connectivity index (χ2n) is 6.64. The molecule has 2 aliphatic rings. The van der Waals surface area contributed by atoms with E-state index in [1.165, 1.54) is 58.2 Å². The molecule has 116 valence electrons. The van der Waals surface area contributed by atoms with Gasteiger partial charge in [0.1, 0.15) is 5.82 Å². The molecule has 1 saturated carbocycles. The summed E-state index contributed by atoms with van der Waals surface area (Å²) < 4.78 is 0. The summed E-state index contributed by atoms with van der Waals surface area (Å²) in [5.74, 6) is 1.76. The first kappa shape index (κ1) is 14.9. The third kappa shape index (κ3) is 4.24. The van der Waals surface area contributed by atoms with E-state index in [4.69, 9.17) is 0 Å². The predicted molar refractivity (Wildman–Crippen MR) is 85.0 cm³/mol. The number of nitrogens with one attached hydrogen (secondary N) is 1. The number of nitrogens with zero attached hydrogens (tertiary/aromatic N) is 3. The second-order valence-corrected chi connectivity index (χ2v) is 6.64. The minimum absolute atomic E-state index is 0.677. The van der Waals surface area contributed by atoms with E-state index in [9.17, 15) is 0 Å². The largest absolute Gasteiger partial charge is 0.312 e. The van der Waals surface area contributed by atoms with E-state index in [-0.39, 0.29) is 0 Å². The zero-order chi connectivity index (χ0) is 14.5. The van der Waals surface area contributed by atoms with E-state index in [1.807, 2.05) is 13.1 Å². The van der Waals surface area contributed by atoms with Gasteiger partial charge in [0.25, 0.3) is 0 Å². The maximum absolute atomic E-state index is 4.56. The van der Waals surface area contributed by atoms with E-state index >= 15 is 0 Å². The Morgan fingerprint density at radius 1 is 1.24 bits per heavy atom. The predicted octanol–water partition coefficient (Wildman–Crippen LogP) is 2.53. The molecule has 0 radical (unpaired) electrons. The first-order valence-corrected chi connectivity index (χ1v) is 8.55. The summed E-state index contributed by atoms with van der Waals surface area (Å²) in [6.07, 6.45) is 10.2. The van der Waals surface area contributed by atoms with Crippen molar-refractivity contribution in [2.45, 2.75) is 58.0 Å². The molecule has 4 nitrogen and oxygen atoms in total. The summed E-state index contributed by atoms with van der Waals surface area (Å²) in [6, 6.07) is 2.73. The third-order valence-corrected chi connectivity index (χ3v) is 4.95. The standard InChI is InChI=1S/C17H28N4/c1-14-18-10-8-16(20-14)12-21-11-5-9-19-17(13-21)15-6-3-2-4-7-15/h8,10,15,17,19H,2-7,9,11-13H2,1H3. The Balaban J connectivity index is 1.61. The first-order chi connectivity index (χ1) is 10.3. The van der Waals surface area contributed by atoms with E-state index < -0.39 is 0 Å². The summed E-state index contributed by atoms with van der Waals surface area (Å²) >= 11 is 0. The Morgan fingerprint density at radius 2 is 2.10 bits per heavy atom. The summed E-state index contributed by atoms with van der Waals surface area (Å²) in [5.41, 5.74) is 1.16.